The van der Waals surface area contributed by atoms with E-state index in [0.29, 0.717) is 12.0 Å². The molecular weight excluding hydrogens is 416 g/mol. The number of phenols is 1. The number of fused-ring (bicyclic) bond motifs is 3. The standard InChI is InChI=1S/C23H26N2O7/c1-9-5-6-13(26)15-11(9)7-10-8-12-17(25(3)4)19(28)16(22(31)24-2)21(30)23(12,32)20(29)14(10)18(15)27/h5-6,10,12,17,26-27,30,32H,7-8H2,1-4H3,(H,24,31). The van der Waals surface area contributed by atoms with E-state index in [-0.39, 0.29) is 23.3 Å². The Balaban J connectivity index is 1.99. The van der Waals surface area contributed by atoms with Gasteiger partial charge in [0.15, 0.2) is 11.4 Å². The molecule has 1 saturated carbocycles. The van der Waals surface area contributed by atoms with Crippen molar-refractivity contribution in [2.45, 2.75) is 31.4 Å². The van der Waals surface area contributed by atoms with E-state index in [0.717, 1.165) is 5.56 Å². The molecule has 4 atom stereocenters. The lowest BCUT2D eigenvalue weighted by molar-refractivity contribution is -0.153. The summed E-state index contributed by atoms with van der Waals surface area (Å²) in [4.78, 5) is 40.7. The molecule has 170 valence electrons. The molecule has 0 spiro atoms. The molecule has 32 heavy (non-hydrogen) atoms. The molecule has 9 heteroatoms. The predicted molar refractivity (Wildman–Crippen MR) is 114 cm³/mol. The topological polar surface area (TPSA) is 147 Å². The summed E-state index contributed by atoms with van der Waals surface area (Å²) < 4.78 is 0. The number of nitrogens with zero attached hydrogens (tertiary/aromatic N) is 1. The first-order valence-corrected chi connectivity index (χ1v) is 10.3. The van der Waals surface area contributed by atoms with Gasteiger partial charge in [-0.15, -0.1) is 0 Å². The summed E-state index contributed by atoms with van der Waals surface area (Å²) in [5, 5.41) is 46.1. The minimum absolute atomic E-state index is 0.107. The van der Waals surface area contributed by atoms with Gasteiger partial charge in [0.25, 0.3) is 5.91 Å². The lowest BCUT2D eigenvalue weighted by Gasteiger charge is -2.50. The van der Waals surface area contributed by atoms with Crippen molar-refractivity contribution in [3.8, 4) is 5.75 Å². The van der Waals surface area contributed by atoms with Crippen LogP contribution in [0.3, 0.4) is 0 Å². The average molecular weight is 442 g/mol. The molecule has 4 rings (SSSR count). The molecule has 3 aliphatic rings. The molecule has 0 aliphatic heterocycles. The van der Waals surface area contributed by atoms with Gasteiger partial charge in [-0.05, 0) is 57.0 Å². The number of amides is 1. The summed E-state index contributed by atoms with van der Waals surface area (Å²) in [6.07, 6.45) is 0.421. The number of rotatable bonds is 2. The number of phenolic OH excluding ortho intramolecular Hbond substituents is 1. The maximum absolute atomic E-state index is 13.7. The third-order valence-corrected chi connectivity index (χ3v) is 7.05. The van der Waals surface area contributed by atoms with Crippen molar-refractivity contribution in [3.63, 3.8) is 0 Å². The number of ketones is 2. The Morgan fingerprint density at radius 1 is 1.19 bits per heavy atom. The largest absolute Gasteiger partial charge is 0.508 e. The van der Waals surface area contributed by atoms with Gasteiger partial charge in [0, 0.05) is 18.5 Å². The normalized spacial score (nSPS) is 29.6. The van der Waals surface area contributed by atoms with E-state index >= 15 is 0 Å². The number of aliphatic hydroxyl groups is 3. The maximum atomic E-state index is 13.7. The van der Waals surface area contributed by atoms with Crippen LogP contribution in [0.4, 0.5) is 0 Å². The molecule has 0 heterocycles. The number of aliphatic hydroxyl groups excluding tert-OH is 2. The fourth-order valence-corrected chi connectivity index (χ4v) is 5.51. The van der Waals surface area contributed by atoms with E-state index in [9.17, 15) is 34.8 Å². The minimum atomic E-state index is -2.57. The highest BCUT2D eigenvalue weighted by molar-refractivity contribution is 6.24. The van der Waals surface area contributed by atoms with Crippen LogP contribution in [0.5, 0.6) is 5.75 Å². The Labute approximate surface area is 184 Å². The highest BCUT2D eigenvalue weighted by Gasteiger charge is 2.64. The Morgan fingerprint density at radius 2 is 1.84 bits per heavy atom. The molecule has 4 unspecified atom stereocenters. The molecule has 1 amide bonds. The van der Waals surface area contributed by atoms with E-state index < -0.39 is 58.0 Å². The second-order valence-corrected chi connectivity index (χ2v) is 8.93. The number of aromatic hydroxyl groups is 1. The van der Waals surface area contributed by atoms with Crippen molar-refractivity contribution in [1.82, 2.24) is 10.2 Å². The number of carbonyl (C=O) groups is 3. The first-order chi connectivity index (χ1) is 15.0. The van der Waals surface area contributed by atoms with Gasteiger partial charge in [0.2, 0.25) is 5.78 Å². The summed E-state index contributed by atoms with van der Waals surface area (Å²) in [6.45, 7) is 1.83. The third kappa shape index (κ3) is 2.67. The van der Waals surface area contributed by atoms with Crippen LogP contribution in [0.1, 0.15) is 23.1 Å². The average Bonchev–Trinajstić information content (AvgIpc) is 2.73. The van der Waals surface area contributed by atoms with Gasteiger partial charge in [0.05, 0.1) is 11.6 Å². The van der Waals surface area contributed by atoms with Gasteiger partial charge in [0.1, 0.15) is 22.8 Å². The van der Waals surface area contributed by atoms with Gasteiger partial charge in [-0.1, -0.05) is 6.07 Å². The lowest BCUT2D eigenvalue weighted by Crippen LogP contribution is -2.65. The van der Waals surface area contributed by atoms with Crippen molar-refractivity contribution >= 4 is 23.2 Å². The third-order valence-electron chi connectivity index (χ3n) is 7.05. The zero-order valence-corrected chi connectivity index (χ0v) is 18.3. The highest BCUT2D eigenvalue weighted by Crippen LogP contribution is 2.52. The summed E-state index contributed by atoms with van der Waals surface area (Å²) in [7, 11) is 4.46. The number of likely N-dealkylation sites (N-methyl/N-ethyl adjacent to an activating group) is 2. The van der Waals surface area contributed by atoms with Crippen molar-refractivity contribution in [3.05, 3.63) is 45.7 Å². The van der Waals surface area contributed by atoms with Crippen LogP contribution >= 0.6 is 0 Å². The van der Waals surface area contributed by atoms with Crippen LogP contribution in [0, 0.1) is 18.8 Å². The van der Waals surface area contributed by atoms with Crippen molar-refractivity contribution < 1.29 is 34.8 Å². The van der Waals surface area contributed by atoms with Crippen molar-refractivity contribution in [1.29, 1.82) is 0 Å². The number of Topliss-reactive ketones (excluding diaryl/α,β-unsaturated/α-hetero) is 2. The maximum Gasteiger partial charge on any atom is 0.258 e. The predicted octanol–water partition coefficient (Wildman–Crippen LogP) is 0.533. The van der Waals surface area contributed by atoms with E-state index in [4.69, 9.17) is 0 Å². The molecule has 1 fully saturated rings. The number of benzene rings is 1. The molecule has 0 bridgehead atoms. The summed E-state index contributed by atoms with van der Waals surface area (Å²) in [5.74, 6) is -5.81. The van der Waals surface area contributed by atoms with Crippen LogP contribution in [0.25, 0.3) is 5.76 Å². The SMILES string of the molecule is CNC(=O)C1=C(O)C2(O)C(=O)C3=C(O)c4c(O)ccc(C)c4CC3CC2C(N(C)C)C1=O. The van der Waals surface area contributed by atoms with Crippen molar-refractivity contribution in [2.24, 2.45) is 11.8 Å². The molecule has 1 aromatic carbocycles. The summed E-state index contributed by atoms with van der Waals surface area (Å²) in [5.41, 5.74) is -1.73. The number of nitrogens with one attached hydrogen (secondary N) is 1. The smallest absolute Gasteiger partial charge is 0.258 e. The first kappa shape index (κ1) is 22.0. The molecule has 0 aromatic heterocycles. The Bertz CT molecular complexity index is 1130. The minimum Gasteiger partial charge on any atom is -0.508 e. The first-order valence-electron chi connectivity index (χ1n) is 10.3. The van der Waals surface area contributed by atoms with Gasteiger partial charge < -0.3 is 25.7 Å². The van der Waals surface area contributed by atoms with E-state index in [2.05, 4.69) is 5.32 Å². The molecule has 0 radical (unpaired) electrons. The summed E-state index contributed by atoms with van der Waals surface area (Å²) >= 11 is 0. The Morgan fingerprint density at radius 3 is 2.44 bits per heavy atom. The molecule has 5 N–H and O–H groups in total. The second-order valence-electron chi connectivity index (χ2n) is 8.93. The molecule has 1 aromatic rings. The monoisotopic (exact) mass is 442 g/mol. The van der Waals surface area contributed by atoms with Gasteiger partial charge in [-0.25, -0.2) is 0 Å². The van der Waals surface area contributed by atoms with Crippen LogP contribution in [0.2, 0.25) is 0 Å². The quantitative estimate of drug-likeness (QED) is 0.417. The Kier molecular flexibility index (Phi) is 4.94. The van der Waals surface area contributed by atoms with Crippen LogP contribution in [-0.4, -0.2) is 75.6 Å². The van der Waals surface area contributed by atoms with Gasteiger partial charge in [-0.2, -0.15) is 0 Å². The van der Waals surface area contributed by atoms with Gasteiger partial charge in [-0.3, -0.25) is 19.3 Å². The zero-order valence-electron chi connectivity index (χ0n) is 18.3. The fourth-order valence-electron chi connectivity index (χ4n) is 5.51. The fraction of sp³-hybridized carbons (Fsp3) is 0.435. The second kappa shape index (κ2) is 7.18. The number of hydrogen-bond donors (Lipinski definition) is 5. The Hall–Kier alpha value is -3.17. The number of carbonyl (C=O) groups excluding carboxylic acids is 3. The number of aryl methyl sites for hydroxylation is 1. The van der Waals surface area contributed by atoms with Crippen LogP contribution in [-0.2, 0) is 20.8 Å². The number of hydrogen-bond acceptors (Lipinski definition) is 8. The van der Waals surface area contributed by atoms with E-state index in [1.54, 1.807) is 20.2 Å². The zero-order chi connectivity index (χ0) is 23.7. The van der Waals surface area contributed by atoms with E-state index in [1.807, 2.05) is 6.92 Å². The molecular formula is C23H26N2O7. The van der Waals surface area contributed by atoms with E-state index in [1.165, 1.54) is 18.0 Å². The molecule has 0 saturated heterocycles. The van der Waals surface area contributed by atoms with Crippen LogP contribution in [0.15, 0.2) is 29.0 Å². The van der Waals surface area contributed by atoms with Gasteiger partial charge >= 0.3 is 0 Å². The molecule has 3 aliphatic carbocycles. The summed E-state index contributed by atoms with van der Waals surface area (Å²) in [6, 6.07) is 2.09. The lowest BCUT2D eigenvalue weighted by atomic mass is 9.57. The van der Waals surface area contributed by atoms with Crippen molar-refractivity contribution in [2.75, 3.05) is 21.1 Å². The van der Waals surface area contributed by atoms with Crippen LogP contribution < -0.4 is 5.32 Å². The highest BCUT2D eigenvalue weighted by atomic mass is 16.3. The molecule has 9 nitrogen and oxygen atoms in total.